The lowest BCUT2D eigenvalue weighted by molar-refractivity contribution is 0.112. The van der Waals surface area contributed by atoms with E-state index in [0.717, 1.165) is 0 Å². The predicted octanol–water partition coefficient (Wildman–Crippen LogP) is 4.34. The van der Waals surface area contributed by atoms with Crippen molar-refractivity contribution in [1.82, 2.24) is 4.90 Å². The van der Waals surface area contributed by atoms with Gasteiger partial charge < -0.3 is 14.4 Å². The first-order valence-electron chi connectivity index (χ1n) is 8.01. The van der Waals surface area contributed by atoms with Gasteiger partial charge in [0.05, 0.1) is 30.4 Å². The van der Waals surface area contributed by atoms with E-state index in [9.17, 15) is 9.18 Å². The van der Waals surface area contributed by atoms with Crippen LogP contribution in [0, 0.1) is 12.7 Å². The third kappa shape index (κ3) is 3.84. The van der Waals surface area contributed by atoms with Crippen molar-refractivity contribution in [2.24, 2.45) is 0 Å². The summed E-state index contributed by atoms with van der Waals surface area (Å²) in [4.78, 5) is 13.5. The molecule has 4 nitrogen and oxygen atoms in total. The average Bonchev–Trinajstić information content (AvgIpc) is 2.63. The van der Waals surface area contributed by atoms with Crippen molar-refractivity contribution in [1.29, 1.82) is 0 Å². The molecule has 1 radical (unpaired) electrons. The van der Waals surface area contributed by atoms with E-state index in [0.29, 0.717) is 40.0 Å². The third-order valence-corrected chi connectivity index (χ3v) is 4.57. The molecule has 0 N–H and O–H groups in total. The fraction of sp³-hybridized carbons (Fsp3) is 0.300. The Bertz CT molecular complexity index is 808. The number of carbonyl (C=O) groups excluding carboxylic acids is 1. The van der Waals surface area contributed by atoms with Gasteiger partial charge in [-0.05, 0) is 44.3 Å². The molecule has 0 fully saturated rings. The molecule has 139 valence electrons. The van der Waals surface area contributed by atoms with Gasteiger partial charge in [-0.15, -0.1) is 0 Å². The Labute approximate surface area is 158 Å². The monoisotopic (exact) mass is 378 g/mol. The minimum atomic E-state index is -0.486. The van der Waals surface area contributed by atoms with Crippen LogP contribution in [0.4, 0.5) is 4.39 Å². The summed E-state index contributed by atoms with van der Waals surface area (Å²) < 4.78 is 25.4. The number of carbonyl (C=O) groups is 1. The minimum absolute atomic E-state index is 0.0501. The first-order chi connectivity index (χ1) is 12.3. The molecule has 1 atom stereocenters. The zero-order valence-corrected chi connectivity index (χ0v) is 16.1. The second kappa shape index (κ2) is 8.52. The number of aldehydes is 1. The van der Waals surface area contributed by atoms with Gasteiger partial charge in [-0.1, -0.05) is 23.7 Å². The maximum Gasteiger partial charge on any atom is 0.153 e. The molecule has 0 aliphatic carbocycles. The molecule has 0 spiro atoms. The molecule has 0 heterocycles. The predicted molar refractivity (Wildman–Crippen MR) is 101 cm³/mol. The van der Waals surface area contributed by atoms with Crippen LogP contribution in [0.1, 0.15) is 33.1 Å². The highest BCUT2D eigenvalue weighted by molar-refractivity contribution is 6.30. The summed E-state index contributed by atoms with van der Waals surface area (Å²) >= 11 is 5.88. The SMILES string of the molecule is [CH2]C(c1c(OC)c(C=O)cc(Cc2cccc(Cl)c2F)c1OC)N(C)C. The number of benzene rings is 2. The van der Waals surface area contributed by atoms with E-state index in [1.165, 1.54) is 20.3 Å². The standard InChI is InChI=1S/C20H22ClFNO3/c1-12(23(2)3)17-19(25-4)14(10-15(11-24)20(17)26-5)9-13-7-6-8-16(21)18(13)22/h6-8,10-12H,1,9H2,2-5H3. The Morgan fingerprint density at radius 2 is 1.88 bits per heavy atom. The zero-order chi connectivity index (χ0) is 19.4. The van der Waals surface area contributed by atoms with E-state index in [2.05, 4.69) is 6.92 Å². The van der Waals surface area contributed by atoms with Gasteiger partial charge in [0.1, 0.15) is 17.3 Å². The fourth-order valence-corrected chi connectivity index (χ4v) is 3.08. The molecule has 0 saturated heterocycles. The normalized spacial score (nSPS) is 12.2. The second-order valence-electron chi connectivity index (χ2n) is 6.09. The molecular formula is C20H22ClFNO3. The van der Waals surface area contributed by atoms with Gasteiger partial charge in [-0.2, -0.15) is 0 Å². The molecule has 1 unspecified atom stereocenters. The van der Waals surface area contributed by atoms with Crippen LogP contribution in [0.5, 0.6) is 11.5 Å². The van der Waals surface area contributed by atoms with E-state index >= 15 is 0 Å². The molecule has 2 rings (SSSR count). The summed E-state index contributed by atoms with van der Waals surface area (Å²) in [5.41, 5.74) is 2.06. The van der Waals surface area contributed by atoms with Crippen molar-refractivity contribution in [2.45, 2.75) is 12.5 Å². The van der Waals surface area contributed by atoms with Crippen molar-refractivity contribution in [3.8, 4) is 11.5 Å². The molecule has 0 saturated carbocycles. The molecule has 0 aliphatic rings. The molecule has 6 heteroatoms. The van der Waals surface area contributed by atoms with Crippen molar-refractivity contribution < 1.29 is 18.7 Å². The quantitative estimate of drug-likeness (QED) is 0.672. The lowest BCUT2D eigenvalue weighted by Crippen LogP contribution is -2.20. The van der Waals surface area contributed by atoms with E-state index in [-0.39, 0.29) is 17.5 Å². The molecule has 0 bridgehead atoms. The Kier molecular flexibility index (Phi) is 6.62. The van der Waals surface area contributed by atoms with Gasteiger partial charge in [0.15, 0.2) is 6.29 Å². The van der Waals surface area contributed by atoms with E-state index in [1.54, 1.807) is 18.2 Å². The van der Waals surface area contributed by atoms with Gasteiger partial charge in [0.2, 0.25) is 0 Å². The van der Waals surface area contributed by atoms with Gasteiger partial charge in [0, 0.05) is 12.5 Å². The maximum absolute atomic E-state index is 14.4. The molecule has 26 heavy (non-hydrogen) atoms. The number of hydrogen-bond donors (Lipinski definition) is 0. The molecule has 2 aromatic rings. The number of methoxy groups -OCH3 is 2. The van der Waals surface area contributed by atoms with Gasteiger partial charge in [-0.3, -0.25) is 4.79 Å². The van der Waals surface area contributed by atoms with Crippen molar-refractivity contribution in [2.75, 3.05) is 28.3 Å². The summed E-state index contributed by atoms with van der Waals surface area (Å²) in [6.07, 6.45) is 0.926. The smallest absolute Gasteiger partial charge is 0.153 e. The lowest BCUT2D eigenvalue weighted by atomic mass is 9.93. The van der Waals surface area contributed by atoms with Crippen molar-refractivity contribution >= 4 is 17.9 Å². The van der Waals surface area contributed by atoms with Crippen LogP contribution in [0.3, 0.4) is 0 Å². The highest BCUT2D eigenvalue weighted by Gasteiger charge is 2.25. The maximum atomic E-state index is 14.4. The number of nitrogens with zero attached hydrogens (tertiary/aromatic N) is 1. The Morgan fingerprint density at radius 3 is 2.42 bits per heavy atom. The first-order valence-corrected chi connectivity index (χ1v) is 8.38. The van der Waals surface area contributed by atoms with Crippen LogP contribution >= 0.6 is 11.6 Å². The molecule has 0 aromatic heterocycles. The number of halogens is 2. The lowest BCUT2D eigenvalue weighted by Gasteiger charge is -2.26. The topological polar surface area (TPSA) is 38.8 Å². The van der Waals surface area contributed by atoms with Gasteiger partial charge >= 0.3 is 0 Å². The molecule has 0 aliphatic heterocycles. The van der Waals surface area contributed by atoms with E-state index in [1.807, 2.05) is 19.0 Å². The summed E-state index contributed by atoms with van der Waals surface area (Å²) in [7, 11) is 6.74. The zero-order valence-electron chi connectivity index (χ0n) is 15.3. The summed E-state index contributed by atoms with van der Waals surface area (Å²) in [5, 5.41) is 0.0501. The van der Waals surface area contributed by atoms with E-state index < -0.39 is 5.82 Å². The van der Waals surface area contributed by atoms with Crippen LogP contribution in [0.25, 0.3) is 0 Å². The highest BCUT2D eigenvalue weighted by atomic mass is 35.5. The Balaban J connectivity index is 2.71. The summed E-state index contributed by atoms with van der Waals surface area (Å²) in [6.45, 7) is 4.14. The van der Waals surface area contributed by atoms with Gasteiger partial charge in [-0.25, -0.2) is 4.39 Å². The molecular weight excluding hydrogens is 357 g/mol. The van der Waals surface area contributed by atoms with Crippen molar-refractivity contribution in [3.63, 3.8) is 0 Å². The fourth-order valence-electron chi connectivity index (χ4n) is 2.89. The van der Waals surface area contributed by atoms with E-state index in [4.69, 9.17) is 21.1 Å². The van der Waals surface area contributed by atoms with Crippen LogP contribution in [0.15, 0.2) is 24.3 Å². The van der Waals surface area contributed by atoms with Crippen molar-refractivity contribution in [3.05, 3.63) is 64.3 Å². The van der Waals surface area contributed by atoms with Crippen LogP contribution in [0.2, 0.25) is 5.02 Å². The van der Waals surface area contributed by atoms with Gasteiger partial charge in [0.25, 0.3) is 0 Å². The molecule has 2 aromatic carbocycles. The number of hydrogen-bond acceptors (Lipinski definition) is 4. The highest BCUT2D eigenvalue weighted by Crippen LogP contribution is 2.41. The van der Waals surface area contributed by atoms with Crippen LogP contribution in [-0.2, 0) is 6.42 Å². The average molecular weight is 379 g/mol. The van der Waals surface area contributed by atoms with Crippen LogP contribution < -0.4 is 9.47 Å². The Morgan fingerprint density at radius 1 is 1.23 bits per heavy atom. The second-order valence-corrected chi connectivity index (χ2v) is 6.50. The largest absolute Gasteiger partial charge is 0.496 e. The summed E-state index contributed by atoms with van der Waals surface area (Å²) in [6, 6.07) is 6.15. The Hall–Kier alpha value is -2.11. The third-order valence-electron chi connectivity index (χ3n) is 4.28. The number of rotatable bonds is 7. The first kappa shape index (κ1) is 20.2. The minimum Gasteiger partial charge on any atom is -0.496 e. The van der Waals surface area contributed by atoms with Crippen LogP contribution in [-0.4, -0.2) is 39.5 Å². The molecule has 0 amide bonds. The number of ether oxygens (including phenoxy) is 2. The summed E-state index contributed by atoms with van der Waals surface area (Å²) in [5.74, 6) is 0.432.